The molecule has 2 atom stereocenters. The highest BCUT2D eigenvalue weighted by atomic mass is 16.2. The maximum atomic E-state index is 12.1. The van der Waals surface area contributed by atoms with E-state index in [0.29, 0.717) is 13.1 Å². The molecule has 16 heavy (non-hydrogen) atoms. The second kappa shape index (κ2) is 4.05. The minimum absolute atomic E-state index is 0.0522. The van der Waals surface area contributed by atoms with E-state index in [1.54, 1.807) is 9.80 Å². The van der Waals surface area contributed by atoms with Gasteiger partial charge in [-0.3, -0.25) is 9.59 Å². The first-order chi connectivity index (χ1) is 7.52. The molecule has 1 N–H and O–H groups in total. The van der Waals surface area contributed by atoms with Gasteiger partial charge < -0.3 is 15.1 Å². The largest absolute Gasteiger partial charge is 0.342 e. The van der Waals surface area contributed by atoms with Crippen molar-refractivity contribution in [3.8, 4) is 0 Å². The third kappa shape index (κ3) is 1.69. The first kappa shape index (κ1) is 11.4. The topological polar surface area (TPSA) is 52.7 Å². The average Bonchev–Trinajstić information content (AvgIpc) is 2.20. The van der Waals surface area contributed by atoms with Crippen LogP contribution < -0.4 is 5.32 Å². The highest BCUT2D eigenvalue weighted by molar-refractivity contribution is 5.90. The Bertz CT molecular complexity index is 316. The van der Waals surface area contributed by atoms with Crippen molar-refractivity contribution < 1.29 is 9.59 Å². The number of amides is 2. The number of likely N-dealkylation sites (N-methyl/N-ethyl adjacent to an activating group) is 1. The van der Waals surface area contributed by atoms with E-state index in [4.69, 9.17) is 0 Å². The third-order valence-electron chi connectivity index (χ3n) is 3.38. The Labute approximate surface area is 95.8 Å². The molecule has 0 aromatic rings. The van der Waals surface area contributed by atoms with Gasteiger partial charge in [0, 0.05) is 20.1 Å². The van der Waals surface area contributed by atoms with Crippen molar-refractivity contribution in [2.24, 2.45) is 5.92 Å². The van der Waals surface area contributed by atoms with Crippen LogP contribution in [0, 0.1) is 5.92 Å². The number of nitrogens with zero attached hydrogens (tertiary/aromatic N) is 2. The molecule has 0 aromatic heterocycles. The molecule has 0 spiro atoms. The Balaban J connectivity index is 2.29. The van der Waals surface area contributed by atoms with Crippen molar-refractivity contribution in [3.05, 3.63) is 0 Å². The summed E-state index contributed by atoms with van der Waals surface area (Å²) >= 11 is 0. The van der Waals surface area contributed by atoms with Crippen LogP contribution in [0.15, 0.2) is 0 Å². The Morgan fingerprint density at radius 1 is 1.38 bits per heavy atom. The average molecular weight is 225 g/mol. The van der Waals surface area contributed by atoms with Gasteiger partial charge >= 0.3 is 0 Å². The molecule has 2 heterocycles. The fraction of sp³-hybridized carbons (Fsp3) is 0.818. The van der Waals surface area contributed by atoms with Gasteiger partial charge in [0.25, 0.3) is 0 Å². The van der Waals surface area contributed by atoms with Crippen molar-refractivity contribution in [1.29, 1.82) is 0 Å². The summed E-state index contributed by atoms with van der Waals surface area (Å²) in [7, 11) is 1.81. The highest BCUT2D eigenvalue weighted by Gasteiger charge is 2.44. The van der Waals surface area contributed by atoms with Gasteiger partial charge in [-0.1, -0.05) is 13.8 Å². The van der Waals surface area contributed by atoms with Gasteiger partial charge in [0.2, 0.25) is 11.8 Å². The molecule has 2 aliphatic heterocycles. The van der Waals surface area contributed by atoms with Crippen molar-refractivity contribution in [3.63, 3.8) is 0 Å². The Kier molecular flexibility index (Phi) is 2.88. The van der Waals surface area contributed by atoms with Crippen molar-refractivity contribution in [1.82, 2.24) is 15.1 Å². The first-order valence-corrected chi connectivity index (χ1v) is 5.79. The lowest BCUT2D eigenvalue weighted by molar-refractivity contribution is -0.158. The molecule has 2 saturated heterocycles. The third-order valence-corrected chi connectivity index (χ3v) is 3.38. The molecule has 2 rings (SSSR count). The van der Waals surface area contributed by atoms with Crippen LogP contribution in [0.5, 0.6) is 0 Å². The lowest BCUT2D eigenvalue weighted by atomic mass is 9.94. The molecular weight excluding hydrogens is 206 g/mol. The number of hydrogen-bond acceptors (Lipinski definition) is 3. The van der Waals surface area contributed by atoms with Gasteiger partial charge in [-0.2, -0.15) is 0 Å². The summed E-state index contributed by atoms with van der Waals surface area (Å²) in [5.41, 5.74) is 0. The van der Waals surface area contributed by atoms with Gasteiger partial charge in [-0.05, 0) is 5.92 Å². The predicted molar refractivity (Wildman–Crippen MR) is 59.8 cm³/mol. The molecule has 0 aromatic carbocycles. The molecule has 5 nitrogen and oxygen atoms in total. The maximum absolute atomic E-state index is 12.1. The maximum Gasteiger partial charge on any atom is 0.245 e. The summed E-state index contributed by atoms with van der Waals surface area (Å²) in [4.78, 5) is 27.5. The lowest BCUT2D eigenvalue weighted by Crippen LogP contribution is -2.69. The van der Waals surface area contributed by atoms with Crippen LogP contribution in [0.2, 0.25) is 0 Å². The van der Waals surface area contributed by atoms with E-state index in [2.05, 4.69) is 5.32 Å². The molecule has 2 fully saturated rings. The van der Waals surface area contributed by atoms with Crippen LogP contribution in [-0.4, -0.2) is 60.4 Å². The smallest absolute Gasteiger partial charge is 0.245 e. The molecule has 0 aliphatic carbocycles. The SMILES string of the molecule is CC(C)C1C(=O)N(C)CC2CNCC(=O)N21. The Morgan fingerprint density at radius 3 is 2.69 bits per heavy atom. The predicted octanol–water partition coefficient (Wildman–Crippen LogP) is -0.717. The minimum atomic E-state index is -0.279. The second-order valence-electron chi connectivity index (χ2n) is 4.99. The highest BCUT2D eigenvalue weighted by Crippen LogP contribution is 2.23. The number of carbonyl (C=O) groups is 2. The van der Waals surface area contributed by atoms with Crippen molar-refractivity contribution >= 4 is 11.8 Å². The van der Waals surface area contributed by atoms with E-state index in [-0.39, 0.29) is 29.8 Å². The summed E-state index contributed by atoms with van der Waals surface area (Å²) in [5.74, 6) is 0.290. The zero-order valence-corrected chi connectivity index (χ0v) is 10.1. The van der Waals surface area contributed by atoms with Gasteiger partial charge in [0.15, 0.2) is 0 Å². The molecule has 5 heteroatoms. The summed E-state index contributed by atoms with van der Waals surface area (Å²) in [5, 5.41) is 3.10. The lowest BCUT2D eigenvalue weighted by Gasteiger charge is -2.48. The number of hydrogen-bond donors (Lipinski definition) is 1. The fourth-order valence-electron chi connectivity index (χ4n) is 2.63. The van der Waals surface area contributed by atoms with E-state index in [0.717, 1.165) is 6.54 Å². The van der Waals surface area contributed by atoms with E-state index in [1.165, 1.54) is 0 Å². The standard InChI is InChI=1S/C11H19N3O2/c1-7(2)10-11(16)13(3)6-8-4-12-5-9(15)14(8)10/h7-8,10,12H,4-6H2,1-3H3. The van der Waals surface area contributed by atoms with Crippen molar-refractivity contribution in [2.45, 2.75) is 25.9 Å². The number of nitrogens with one attached hydrogen (secondary N) is 1. The Hall–Kier alpha value is -1.10. The van der Waals surface area contributed by atoms with Crippen molar-refractivity contribution in [2.75, 3.05) is 26.7 Å². The normalized spacial score (nSPS) is 31.0. The summed E-state index contributed by atoms with van der Waals surface area (Å²) < 4.78 is 0. The zero-order valence-electron chi connectivity index (χ0n) is 10.1. The molecule has 2 unspecified atom stereocenters. The van der Waals surface area contributed by atoms with Crippen LogP contribution in [0.4, 0.5) is 0 Å². The number of piperazine rings is 2. The van der Waals surface area contributed by atoms with Crippen LogP contribution >= 0.6 is 0 Å². The molecule has 0 bridgehead atoms. The van der Waals surface area contributed by atoms with Gasteiger partial charge in [0.1, 0.15) is 6.04 Å². The van der Waals surface area contributed by atoms with E-state index in [1.807, 2.05) is 20.9 Å². The summed E-state index contributed by atoms with van der Waals surface area (Å²) in [6.45, 7) is 5.77. The van der Waals surface area contributed by atoms with Gasteiger partial charge in [-0.25, -0.2) is 0 Å². The van der Waals surface area contributed by atoms with Gasteiger partial charge in [0.05, 0.1) is 12.6 Å². The molecule has 0 radical (unpaired) electrons. The van der Waals surface area contributed by atoms with Crippen LogP contribution in [-0.2, 0) is 9.59 Å². The minimum Gasteiger partial charge on any atom is -0.342 e. The summed E-state index contributed by atoms with van der Waals surface area (Å²) in [6, 6.07) is -0.144. The molecule has 0 saturated carbocycles. The Morgan fingerprint density at radius 2 is 2.06 bits per heavy atom. The van der Waals surface area contributed by atoms with Crippen LogP contribution in [0.25, 0.3) is 0 Å². The summed E-state index contributed by atoms with van der Waals surface area (Å²) in [6.07, 6.45) is 0. The molecule has 90 valence electrons. The first-order valence-electron chi connectivity index (χ1n) is 5.79. The van der Waals surface area contributed by atoms with E-state index in [9.17, 15) is 9.59 Å². The molecular formula is C11H19N3O2. The number of carbonyl (C=O) groups excluding carboxylic acids is 2. The van der Waals surface area contributed by atoms with Crippen LogP contribution in [0.3, 0.4) is 0 Å². The zero-order chi connectivity index (χ0) is 11.9. The van der Waals surface area contributed by atoms with Gasteiger partial charge in [-0.15, -0.1) is 0 Å². The van der Waals surface area contributed by atoms with E-state index < -0.39 is 0 Å². The number of rotatable bonds is 1. The quantitative estimate of drug-likeness (QED) is 0.641. The molecule has 2 aliphatic rings. The fourth-order valence-corrected chi connectivity index (χ4v) is 2.63. The van der Waals surface area contributed by atoms with Crippen LogP contribution in [0.1, 0.15) is 13.8 Å². The number of fused-ring (bicyclic) bond motifs is 1. The van der Waals surface area contributed by atoms with E-state index >= 15 is 0 Å². The molecule has 2 amide bonds. The second-order valence-corrected chi connectivity index (χ2v) is 4.99. The monoisotopic (exact) mass is 225 g/mol.